The Balaban J connectivity index is 1.76. The molecule has 0 saturated heterocycles. The van der Waals surface area contributed by atoms with Crippen molar-refractivity contribution < 1.29 is 13.6 Å². The minimum Gasteiger partial charge on any atom is -0.319 e. The quantitative estimate of drug-likeness (QED) is 0.519. The number of hydrogen-bond acceptors (Lipinski definition) is 4. The molecule has 30 heavy (non-hydrogen) atoms. The van der Waals surface area contributed by atoms with Crippen LogP contribution in [0.15, 0.2) is 73.2 Å². The number of carbonyl (C=O) groups excluding carboxylic acids is 1. The van der Waals surface area contributed by atoms with Gasteiger partial charge in [-0.2, -0.15) is 0 Å². The van der Waals surface area contributed by atoms with E-state index in [9.17, 15) is 13.6 Å². The second kappa shape index (κ2) is 8.16. The zero-order valence-electron chi connectivity index (χ0n) is 15.9. The molecule has 0 aliphatic rings. The number of anilines is 1. The molecule has 5 nitrogen and oxygen atoms in total. The van der Waals surface area contributed by atoms with Gasteiger partial charge in [0.15, 0.2) is 5.82 Å². The Bertz CT molecular complexity index is 1210. The van der Waals surface area contributed by atoms with Gasteiger partial charge in [0.05, 0.1) is 16.9 Å². The van der Waals surface area contributed by atoms with Gasteiger partial charge in [-0.3, -0.25) is 9.78 Å². The Hall–Kier alpha value is -4.00. The van der Waals surface area contributed by atoms with Crippen molar-refractivity contribution >= 4 is 11.6 Å². The number of pyridine rings is 1. The number of aromatic nitrogens is 3. The first kappa shape index (κ1) is 19.3. The van der Waals surface area contributed by atoms with E-state index in [1.807, 2.05) is 0 Å². The average molecular weight is 402 g/mol. The first-order chi connectivity index (χ1) is 14.5. The minimum atomic E-state index is -0.546. The van der Waals surface area contributed by atoms with E-state index >= 15 is 0 Å². The number of aryl methyl sites for hydroxylation is 1. The van der Waals surface area contributed by atoms with Gasteiger partial charge in [-0.25, -0.2) is 18.7 Å². The predicted octanol–water partition coefficient (Wildman–Crippen LogP) is 5.04. The fraction of sp³-hybridized carbons (Fsp3) is 0.0435. The molecule has 148 valence electrons. The highest BCUT2D eigenvalue weighted by molar-refractivity contribution is 6.08. The van der Waals surface area contributed by atoms with E-state index in [-0.39, 0.29) is 17.1 Å². The molecule has 0 aliphatic carbocycles. The zero-order valence-corrected chi connectivity index (χ0v) is 15.9. The third-order valence-corrected chi connectivity index (χ3v) is 4.46. The molecule has 2 heterocycles. The Morgan fingerprint density at radius 2 is 1.67 bits per heavy atom. The number of carbonyl (C=O) groups is 1. The van der Waals surface area contributed by atoms with E-state index < -0.39 is 11.7 Å². The molecule has 0 aliphatic heterocycles. The van der Waals surface area contributed by atoms with Gasteiger partial charge in [0.2, 0.25) is 0 Å². The maximum Gasteiger partial charge on any atom is 0.259 e. The summed E-state index contributed by atoms with van der Waals surface area (Å²) in [5.41, 5.74) is 2.58. The number of benzene rings is 2. The van der Waals surface area contributed by atoms with E-state index in [0.717, 1.165) is 5.56 Å². The summed E-state index contributed by atoms with van der Waals surface area (Å²) < 4.78 is 27.4. The van der Waals surface area contributed by atoms with Gasteiger partial charge in [0.1, 0.15) is 11.6 Å². The summed E-state index contributed by atoms with van der Waals surface area (Å²) in [6.45, 7) is 1.76. The summed E-state index contributed by atoms with van der Waals surface area (Å²) in [6.07, 6.45) is 4.54. The summed E-state index contributed by atoms with van der Waals surface area (Å²) >= 11 is 0. The number of halogens is 2. The average Bonchev–Trinajstić information content (AvgIpc) is 2.76. The molecule has 4 rings (SSSR count). The van der Waals surface area contributed by atoms with E-state index in [1.165, 1.54) is 30.5 Å². The van der Waals surface area contributed by atoms with Crippen molar-refractivity contribution in [2.45, 2.75) is 6.92 Å². The molecule has 0 saturated carbocycles. The molecule has 0 fully saturated rings. The second-order valence-electron chi connectivity index (χ2n) is 6.64. The maximum atomic E-state index is 14.2. The van der Waals surface area contributed by atoms with Gasteiger partial charge in [0.25, 0.3) is 5.91 Å². The van der Waals surface area contributed by atoms with Gasteiger partial charge in [-0.1, -0.05) is 6.07 Å². The van der Waals surface area contributed by atoms with Crippen molar-refractivity contribution in [2.75, 3.05) is 5.32 Å². The highest BCUT2D eigenvalue weighted by Crippen LogP contribution is 2.26. The standard InChI is InChI=1S/C23H16F2N4O/c1-14-2-7-20(19(25)12-14)28-23(30)18-13-27-22(16-3-5-17(24)6-4-16)29-21(18)15-8-10-26-11-9-15/h2-13H,1H3,(H,28,30). The van der Waals surface area contributed by atoms with Crippen LogP contribution in [-0.2, 0) is 0 Å². The number of hydrogen-bond donors (Lipinski definition) is 1. The zero-order chi connectivity index (χ0) is 21.1. The van der Waals surface area contributed by atoms with Crippen LogP contribution in [0, 0.1) is 18.6 Å². The lowest BCUT2D eigenvalue weighted by atomic mass is 10.1. The number of nitrogens with zero attached hydrogens (tertiary/aromatic N) is 3. The van der Waals surface area contributed by atoms with Gasteiger partial charge in [0, 0.05) is 29.7 Å². The molecular formula is C23H16F2N4O. The number of nitrogens with one attached hydrogen (secondary N) is 1. The van der Waals surface area contributed by atoms with Crippen molar-refractivity contribution in [3.63, 3.8) is 0 Å². The normalized spacial score (nSPS) is 10.6. The minimum absolute atomic E-state index is 0.0638. The van der Waals surface area contributed by atoms with Crippen LogP contribution in [0.2, 0.25) is 0 Å². The SMILES string of the molecule is Cc1ccc(NC(=O)c2cnc(-c3ccc(F)cc3)nc2-c2ccncc2)c(F)c1. The molecule has 4 aromatic rings. The van der Waals surface area contributed by atoms with Crippen LogP contribution in [-0.4, -0.2) is 20.9 Å². The van der Waals surface area contributed by atoms with Crippen molar-refractivity contribution in [1.29, 1.82) is 0 Å². The summed E-state index contributed by atoms with van der Waals surface area (Å²) in [5, 5.41) is 2.57. The fourth-order valence-corrected chi connectivity index (χ4v) is 2.93. The number of amides is 1. The van der Waals surface area contributed by atoms with Crippen LogP contribution in [0.4, 0.5) is 14.5 Å². The molecule has 0 bridgehead atoms. The number of rotatable bonds is 4. The second-order valence-corrected chi connectivity index (χ2v) is 6.64. The molecular weight excluding hydrogens is 386 g/mol. The van der Waals surface area contributed by atoms with Crippen LogP contribution >= 0.6 is 0 Å². The summed E-state index contributed by atoms with van der Waals surface area (Å²) in [5.74, 6) is -1.11. The van der Waals surface area contributed by atoms with Crippen molar-refractivity contribution in [1.82, 2.24) is 15.0 Å². The monoisotopic (exact) mass is 402 g/mol. The van der Waals surface area contributed by atoms with E-state index in [2.05, 4.69) is 20.3 Å². The lowest BCUT2D eigenvalue weighted by molar-refractivity contribution is 0.102. The van der Waals surface area contributed by atoms with Crippen LogP contribution in [0.25, 0.3) is 22.6 Å². The van der Waals surface area contributed by atoms with Gasteiger partial charge >= 0.3 is 0 Å². The van der Waals surface area contributed by atoms with Crippen molar-refractivity contribution in [3.05, 3.63) is 95.9 Å². The van der Waals surface area contributed by atoms with Crippen molar-refractivity contribution in [3.8, 4) is 22.6 Å². The molecule has 0 radical (unpaired) electrons. The smallest absolute Gasteiger partial charge is 0.259 e. The first-order valence-electron chi connectivity index (χ1n) is 9.12. The molecule has 1 amide bonds. The van der Waals surface area contributed by atoms with Gasteiger partial charge < -0.3 is 5.32 Å². The topological polar surface area (TPSA) is 67.8 Å². The third kappa shape index (κ3) is 4.05. The fourth-order valence-electron chi connectivity index (χ4n) is 2.93. The first-order valence-corrected chi connectivity index (χ1v) is 9.12. The van der Waals surface area contributed by atoms with Crippen LogP contribution in [0.5, 0.6) is 0 Å². The molecule has 2 aromatic carbocycles. The molecule has 0 spiro atoms. The lowest BCUT2D eigenvalue weighted by Gasteiger charge is -2.12. The van der Waals surface area contributed by atoms with Crippen molar-refractivity contribution in [2.24, 2.45) is 0 Å². The molecule has 0 unspecified atom stereocenters. The summed E-state index contributed by atoms with van der Waals surface area (Å²) in [6, 6.07) is 13.7. The van der Waals surface area contributed by atoms with E-state index in [1.54, 1.807) is 49.6 Å². The maximum absolute atomic E-state index is 14.2. The molecule has 2 aromatic heterocycles. The Morgan fingerprint density at radius 3 is 2.37 bits per heavy atom. The van der Waals surface area contributed by atoms with Gasteiger partial charge in [-0.05, 0) is 61.0 Å². The van der Waals surface area contributed by atoms with Gasteiger partial charge in [-0.15, -0.1) is 0 Å². The van der Waals surface area contributed by atoms with Crippen LogP contribution < -0.4 is 5.32 Å². The Kier molecular flexibility index (Phi) is 5.26. The third-order valence-electron chi connectivity index (χ3n) is 4.46. The largest absolute Gasteiger partial charge is 0.319 e. The predicted molar refractivity (Wildman–Crippen MR) is 110 cm³/mol. The molecule has 0 atom stereocenters. The highest BCUT2D eigenvalue weighted by Gasteiger charge is 2.18. The van der Waals surface area contributed by atoms with E-state index in [0.29, 0.717) is 22.6 Å². The van der Waals surface area contributed by atoms with Crippen LogP contribution in [0.3, 0.4) is 0 Å². The van der Waals surface area contributed by atoms with Crippen LogP contribution in [0.1, 0.15) is 15.9 Å². The molecule has 7 heteroatoms. The summed E-state index contributed by atoms with van der Waals surface area (Å²) in [7, 11) is 0. The lowest BCUT2D eigenvalue weighted by Crippen LogP contribution is -2.16. The highest BCUT2D eigenvalue weighted by atomic mass is 19.1. The summed E-state index contributed by atoms with van der Waals surface area (Å²) in [4.78, 5) is 25.7. The van der Waals surface area contributed by atoms with E-state index in [4.69, 9.17) is 0 Å². The molecule has 1 N–H and O–H groups in total. The Labute approximate surface area is 171 Å². The Morgan fingerprint density at radius 1 is 0.933 bits per heavy atom.